The predicted molar refractivity (Wildman–Crippen MR) is 108 cm³/mol. The summed E-state index contributed by atoms with van der Waals surface area (Å²) < 4.78 is 65.0. The molecule has 1 fully saturated rings. The fourth-order valence-corrected chi connectivity index (χ4v) is 3.69. The zero-order chi connectivity index (χ0) is 23.5. The molecule has 3 rings (SSSR count). The first-order valence-corrected chi connectivity index (χ1v) is 10.8. The van der Waals surface area contributed by atoms with Crippen molar-refractivity contribution in [2.45, 2.75) is 24.8 Å². The second kappa shape index (κ2) is 8.84. The third-order valence-electron chi connectivity index (χ3n) is 4.78. The number of nitrogens with zero attached hydrogens (tertiary/aromatic N) is 7. The van der Waals surface area contributed by atoms with Crippen LogP contribution < -0.4 is 9.62 Å². The number of benzene rings is 1. The Kier molecular flexibility index (Phi) is 6.36. The van der Waals surface area contributed by atoms with Gasteiger partial charge in [-0.3, -0.25) is 4.72 Å². The SMILES string of the molecule is Cn1c(N=Nc2ccc(N3CCCCC3)cc2NS(=O)(=O)C(F)(F)F)nc(C#N)c1C#N. The van der Waals surface area contributed by atoms with E-state index in [9.17, 15) is 21.6 Å². The lowest BCUT2D eigenvalue weighted by atomic mass is 10.1. The molecule has 0 radical (unpaired) electrons. The molecule has 0 amide bonds. The van der Waals surface area contributed by atoms with Crippen LogP contribution in [0.3, 0.4) is 0 Å². The summed E-state index contributed by atoms with van der Waals surface area (Å²) >= 11 is 0. The van der Waals surface area contributed by atoms with Crippen LogP contribution in [0.2, 0.25) is 0 Å². The van der Waals surface area contributed by atoms with Crippen molar-refractivity contribution in [3.05, 3.63) is 29.6 Å². The number of rotatable bonds is 5. The molecule has 1 N–H and O–H groups in total. The Morgan fingerprint density at radius 3 is 2.38 bits per heavy atom. The van der Waals surface area contributed by atoms with Crippen molar-refractivity contribution < 1.29 is 21.6 Å². The summed E-state index contributed by atoms with van der Waals surface area (Å²) in [5.74, 6) is -0.150. The van der Waals surface area contributed by atoms with Crippen molar-refractivity contribution >= 4 is 33.0 Å². The van der Waals surface area contributed by atoms with Crippen LogP contribution in [0.4, 0.5) is 36.2 Å². The minimum absolute atomic E-state index is 0.0695. The number of nitriles is 2. The fraction of sp³-hybridized carbons (Fsp3) is 0.389. The highest BCUT2D eigenvalue weighted by molar-refractivity contribution is 7.93. The highest BCUT2D eigenvalue weighted by atomic mass is 32.2. The number of alkyl halides is 3. The molecule has 1 aliphatic rings. The number of imidazole rings is 1. The van der Waals surface area contributed by atoms with Gasteiger partial charge in [-0.15, -0.1) is 10.2 Å². The van der Waals surface area contributed by atoms with E-state index in [1.165, 1.54) is 28.5 Å². The molecular weight excluding hydrogens is 449 g/mol. The van der Waals surface area contributed by atoms with Crippen molar-refractivity contribution in [3.8, 4) is 12.1 Å². The Bertz CT molecular complexity index is 1230. The third-order valence-corrected chi connectivity index (χ3v) is 5.88. The van der Waals surface area contributed by atoms with Gasteiger partial charge in [-0.1, -0.05) is 0 Å². The quantitative estimate of drug-likeness (QED) is 0.664. The Labute approximate surface area is 181 Å². The van der Waals surface area contributed by atoms with Crippen molar-refractivity contribution in [1.29, 1.82) is 10.5 Å². The highest BCUT2D eigenvalue weighted by Crippen LogP contribution is 2.35. The number of sulfonamides is 1. The Hall–Kier alpha value is -3.65. The summed E-state index contributed by atoms with van der Waals surface area (Å²) in [4.78, 5) is 5.78. The van der Waals surface area contributed by atoms with E-state index in [-0.39, 0.29) is 23.0 Å². The predicted octanol–water partition coefficient (Wildman–Crippen LogP) is 3.83. The molecule has 0 spiro atoms. The van der Waals surface area contributed by atoms with Gasteiger partial charge in [0.05, 0.1) is 5.69 Å². The van der Waals surface area contributed by atoms with E-state index in [1.54, 1.807) is 18.2 Å². The minimum atomic E-state index is -5.70. The van der Waals surface area contributed by atoms with Gasteiger partial charge in [0.25, 0.3) is 5.95 Å². The molecule has 32 heavy (non-hydrogen) atoms. The number of hydrogen-bond donors (Lipinski definition) is 1. The second-order valence-corrected chi connectivity index (χ2v) is 8.57. The van der Waals surface area contributed by atoms with Crippen molar-refractivity contribution in [3.63, 3.8) is 0 Å². The molecule has 0 unspecified atom stereocenters. The zero-order valence-electron chi connectivity index (χ0n) is 16.8. The molecule has 0 saturated carbocycles. The van der Waals surface area contributed by atoms with Crippen LogP contribution in [0, 0.1) is 22.7 Å². The lowest BCUT2D eigenvalue weighted by Gasteiger charge is -2.29. The molecule has 1 aromatic heterocycles. The second-order valence-electron chi connectivity index (χ2n) is 6.89. The van der Waals surface area contributed by atoms with Gasteiger partial charge in [0.15, 0.2) is 11.4 Å². The van der Waals surface area contributed by atoms with Gasteiger partial charge >= 0.3 is 15.5 Å². The number of nitrogens with one attached hydrogen (secondary N) is 1. The van der Waals surface area contributed by atoms with E-state index in [0.29, 0.717) is 18.8 Å². The summed E-state index contributed by atoms with van der Waals surface area (Å²) in [5, 5.41) is 25.8. The van der Waals surface area contributed by atoms with Gasteiger partial charge in [0.1, 0.15) is 17.8 Å². The van der Waals surface area contributed by atoms with Crippen LogP contribution in [0.15, 0.2) is 28.4 Å². The fourth-order valence-electron chi connectivity index (χ4n) is 3.13. The van der Waals surface area contributed by atoms with Gasteiger partial charge in [-0.05, 0) is 37.5 Å². The van der Waals surface area contributed by atoms with E-state index in [0.717, 1.165) is 19.3 Å². The normalized spacial score (nSPS) is 14.9. The summed E-state index contributed by atoms with van der Waals surface area (Å²) in [5.41, 5.74) is -5.85. The molecule has 2 heterocycles. The summed E-state index contributed by atoms with van der Waals surface area (Å²) in [6, 6.07) is 7.72. The number of azo groups is 1. The van der Waals surface area contributed by atoms with E-state index in [2.05, 4.69) is 15.2 Å². The Balaban J connectivity index is 2.03. The summed E-state index contributed by atoms with van der Waals surface area (Å²) in [7, 11) is -4.29. The smallest absolute Gasteiger partial charge is 0.371 e. The molecule has 0 atom stereocenters. The number of halogens is 3. The Morgan fingerprint density at radius 2 is 1.81 bits per heavy atom. The van der Waals surface area contributed by atoms with Crippen molar-refractivity contribution in [2.24, 2.45) is 17.3 Å². The number of hydrogen-bond acceptors (Lipinski definition) is 8. The van der Waals surface area contributed by atoms with Gasteiger partial charge in [0.2, 0.25) is 0 Å². The monoisotopic (exact) mass is 466 g/mol. The average Bonchev–Trinajstić information content (AvgIpc) is 3.07. The maximum atomic E-state index is 12.9. The lowest BCUT2D eigenvalue weighted by molar-refractivity contribution is -0.0429. The van der Waals surface area contributed by atoms with Crippen molar-refractivity contribution in [1.82, 2.24) is 9.55 Å². The van der Waals surface area contributed by atoms with Gasteiger partial charge in [-0.2, -0.15) is 37.1 Å². The lowest BCUT2D eigenvalue weighted by Crippen LogP contribution is -2.31. The molecule has 10 nitrogen and oxygen atoms in total. The van der Waals surface area contributed by atoms with E-state index in [4.69, 9.17) is 10.5 Å². The van der Waals surface area contributed by atoms with E-state index in [1.807, 2.05) is 4.90 Å². The van der Waals surface area contributed by atoms with Gasteiger partial charge in [0, 0.05) is 25.8 Å². The first kappa shape index (κ1) is 23.0. The number of piperidine rings is 1. The highest BCUT2D eigenvalue weighted by Gasteiger charge is 2.46. The molecule has 0 aliphatic carbocycles. The molecule has 0 bridgehead atoms. The molecule has 2 aromatic rings. The maximum Gasteiger partial charge on any atom is 0.516 e. The zero-order valence-corrected chi connectivity index (χ0v) is 17.6. The molecular formula is C18H17F3N8O2S. The number of anilines is 2. The van der Waals surface area contributed by atoms with Crippen molar-refractivity contribution in [2.75, 3.05) is 22.7 Å². The van der Waals surface area contributed by atoms with Crippen LogP contribution in [0.25, 0.3) is 0 Å². The van der Waals surface area contributed by atoms with Crippen LogP contribution in [-0.4, -0.2) is 36.6 Å². The molecule has 168 valence electrons. The average molecular weight is 466 g/mol. The third kappa shape index (κ3) is 4.65. The molecule has 14 heteroatoms. The van der Waals surface area contributed by atoms with E-state index >= 15 is 0 Å². The first-order chi connectivity index (χ1) is 15.1. The van der Waals surface area contributed by atoms with Crippen LogP contribution in [-0.2, 0) is 17.1 Å². The first-order valence-electron chi connectivity index (χ1n) is 9.34. The standard InChI is InChI=1S/C18H17F3N8O2S/c1-28-16(11-23)15(10-22)24-17(28)26-25-13-6-5-12(29-7-3-2-4-8-29)9-14(13)27-32(30,31)18(19,20)21/h5-6,9,27H,2-4,7-8H2,1H3. The summed E-state index contributed by atoms with van der Waals surface area (Å²) in [6.45, 7) is 1.38. The van der Waals surface area contributed by atoms with Crippen LogP contribution >= 0.6 is 0 Å². The minimum Gasteiger partial charge on any atom is -0.371 e. The van der Waals surface area contributed by atoms with Gasteiger partial charge < -0.3 is 9.47 Å². The van der Waals surface area contributed by atoms with Crippen LogP contribution in [0.1, 0.15) is 30.7 Å². The molecule has 1 saturated heterocycles. The molecule has 1 aromatic carbocycles. The van der Waals surface area contributed by atoms with Gasteiger partial charge in [-0.25, -0.2) is 0 Å². The number of aromatic nitrogens is 2. The van der Waals surface area contributed by atoms with E-state index < -0.39 is 21.2 Å². The topological polar surface area (TPSA) is 140 Å². The Morgan fingerprint density at radius 1 is 1.12 bits per heavy atom. The maximum absolute atomic E-state index is 12.9. The largest absolute Gasteiger partial charge is 0.516 e. The summed E-state index contributed by atoms with van der Waals surface area (Å²) in [6.07, 6.45) is 2.86. The molecule has 1 aliphatic heterocycles. The van der Waals surface area contributed by atoms with Crippen LogP contribution in [0.5, 0.6) is 0 Å².